The maximum absolute atomic E-state index is 12.7. The number of hydrogen-bond donors (Lipinski definition) is 1. The Balaban J connectivity index is 1.72. The Morgan fingerprint density at radius 2 is 2.04 bits per heavy atom. The summed E-state index contributed by atoms with van der Waals surface area (Å²) < 4.78 is 38.1. The van der Waals surface area contributed by atoms with Crippen molar-refractivity contribution in [2.45, 2.75) is 37.9 Å². The standard InChI is InChI=1S/C16H19F3N4/c1-11(12-4-6-20-7-5-12)23-8-2-3-13(10-23)14-9-15(22-21-14)16(17,18)19/h4-7,9,11,13H,2-3,8,10H2,1H3,(H,21,22)/t11-,13+/m0/s1. The highest BCUT2D eigenvalue weighted by Gasteiger charge is 2.35. The summed E-state index contributed by atoms with van der Waals surface area (Å²) in [4.78, 5) is 6.33. The highest BCUT2D eigenvalue weighted by atomic mass is 19.4. The van der Waals surface area contributed by atoms with E-state index in [1.807, 2.05) is 12.1 Å². The zero-order chi connectivity index (χ0) is 16.4. The molecule has 0 unspecified atom stereocenters. The molecule has 7 heteroatoms. The van der Waals surface area contributed by atoms with E-state index in [0.29, 0.717) is 5.69 Å². The summed E-state index contributed by atoms with van der Waals surface area (Å²) in [6.45, 7) is 3.79. The summed E-state index contributed by atoms with van der Waals surface area (Å²) >= 11 is 0. The molecule has 0 radical (unpaired) electrons. The van der Waals surface area contributed by atoms with Gasteiger partial charge in [-0.05, 0) is 50.1 Å². The van der Waals surface area contributed by atoms with Gasteiger partial charge >= 0.3 is 6.18 Å². The molecule has 4 nitrogen and oxygen atoms in total. The van der Waals surface area contributed by atoms with E-state index in [2.05, 4.69) is 27.0 Å². The summed E-state index contributed by atoms with van der Waals surface area (Å²) in [5.74, 6) is 0.0524. The van der Waals surface area contributed by atoms with Crippen molar-refractivity contribution < 1.29 is 13.2 Å². The van der Waals surface area contributed by atoms with Crippen molar-refractivity contribution in [2.75, 3.05) is 13.1 Å². The van der Waals surface area contributed by atoms with Crippen LogP contribution >= 0.6 is 0 Å². The van der Waals surface area contributed by atoms with E-state index in [0.717, 1.165) is 32.0 Å². The van der Waals surface area contributed by atoms with Crippen molar-refractivity contribution in [1.82, 2.24) is 20.1 Å². The number of H-pyrrole nitrogens is 1. The number of alkyl halides is 3. The Morgan fingerprint density at radius 3 is 2.70 bits per heavy atom. The van der Waals surface area contributed by atoms with E-state index < -0.39 is 11.9 Å². The predicted octanol–water partition coefficient (Wildman–Crippen LogP) is 3.76. The second-order valence-corrected chi connectivity index (χ2v) is 6.00. The largest absolute Gasteiger partial charge is 0.435 e. The van der Waals surface area contributed by atoms with Crippen molar-refractivity contribution in [3.05, 3.63) is 47.5 Å². The molecule has 2 aromatic rings. The molecule has 1 N–H and O–H groups in total. The van der Waals surface area contributed by atoms with Crippen molar-refractivity contribution in [2.24, 2.45) is 0 Å². The number of rotatable bonds is 3. The number of hydrogen-bond acceptors (Lipinski definition) is 3. The second kappa shape index (κ2) is 6.31. The van der Waals surface area contributed by atoms with Crippen LogP contribution in [0.1, 0.15) is 48.7 Å². The Kier molecular flexibility index (Phi) is 4.39. The van der Waals surface area contributed by atoms with Gasteiger partial charge in [-0.25, -0.2) is 0 Å². The molecule has 3 rings (SSSR count). The van der Waals surface area contributed by atoms with E-state index in [9.17, 15) is 13.2 Å². The van der Waals surface area contributed by atoms with Crippen LogP contribution in [0.4, 0.5) is 13.2 Å². The molecule has 1 aliphatic heterocycles. The minimum absolute atomic E-state index is 0.0524. The summed E-state index contributed by atoms with van der Waals surface area (Å²) in [7, 11) is 0. The monoisotopic (exact) mass is 324 g/mol. The van der Waals surface area contributed by atoms with Crippen LogP contribution in [0.25, 0.3) is 0 Å². The first-order valence-electron chi connectivity index (χ1n) is 7.71. The van der Waals surface area contributed by atoms with Gasteiger partial charge in [0.25, 0.3) is 0 Å². The molecule has 2 atom stereocenters. The van der Waals surface area contributed by atoms with Crippen LogP contribution in [0.2, 0.25) is 0 Å². The van der Waals surface area contributed by atoms with Gasteiger partial charge in [-0.2, -0.15) is 18.3 Å². The van der Waals surface area contributed by atoms with Gasteiger partial charge in [0, 0.05) is 36.6 Å². The maximum Gasteiger partial charge on any atom is 0.435 e. The molecule has 23 heavy (non-hydrogen) atoms. The average molecular weight is 324 g/mol. The van der Waals surface area contributed by atoms with E-state index >= 15 is 0 Å². The number of aromatic nitrogens is 3. The fourth-order valence-corrected chi connectivity index (χ4v) is 3.16. The van der Waals surface area contributed by atoms with Crippen molar-refractivity contribution in [1.29, 1.82) is 0 Å². The molecule has 0 spiro atoms. The van der Waals surface area contributed by atoms with Gasteiger partial charge in [-0.1, -0.05) is 0 Å². The lowest BCUT2D eigenvalue weighted by Gasteiger charge is -2.36. The Morgan fingerprint density at radius 1 is 1.30 bits per heavy atom. The minimum Gasteiger partial charge on any atom is -0.296 e. The third-order valence-corrected chi connectivity index (χ3v) is 4.52. The maximum atomic E-state index is 12.7. The highest BCUT2D eigenvalue weighted by Crippen LogP contribution is 2.34. The molecule has 0 saturated carbocycles. The fraction of sp³-hybridized carbons (Fsp3) is 0.500. The summed E-state index contributed by atoms with van der Waals surface area (Å²) in [6.07, 6.45) is 0.961. The molecule has 2 aromatic heterocycles. The predicted molar refractivity (Wildman–Crippen MR) is 79.8 cm³/mol. The fourth-order valence-electron chi connectivity index (χ4n) is 3.16. The van der Waals surface area contributed by atoms with Crippen LogP contribution in [-0.2, 0) is 6.18 Å². The van der Waals surface area contributed by atoms with Gasteiger partial charge < -0.3 is 0 Å². The Hall–Kier alpha value is -1.89. The number of piperidine rings is 1. The van der Waals surface area contributed by atoms with E-state index in [-0.39, 0.29) is 12.0 Å². The first-order chi connectivity index (χ1) is 10.9. The SMILES string of the molecule is C[C@@H](c1ccncc1)N1CCC[C@@H](c2cc(C(F)(F)F)n[nH]2)C1. The van der Waals surface area contributed by atoms with Crippen LogP contribution in [0.3, 0.4) is 0 Å². The molecule has 0 bridgehead atoms. The number of nitrogens with one attached hydrogen (secondary N) is 1. The Labute approximate surface area is 132 Å². The third-order valence-electron chi connectivity index (χ3n) is 4.52. The zero-order valence-corrected chi connectivity index (χ0v) is 12.8. The molecule has 0 amide bonds. The molecule has 0 aliphatic carbocycles. The number of nitrogens with zero attached hydrogens (tertiary/aromatic N) is 3. The van der Waals surface area contributed by atoms with E-state index in [1.165, 1.54) is 5.56 Å². The molecular formula is C16H19F3N4. The number of aromatic amines is 1. The second-order valence-electron chi connectivity index (χ2n) is 6.00. The van der Waals surface area contributed by atoms with Gasteiger partial charge in [-0.3, -0.25) is 15.0 Å². The quantitative estimate of drug-likeness (QED) is 0.935. The van der Waals surface area contributed by atoms with Gasteiger partial charge in [0.2, 0.25) is 0 Å². The topological polar surface area (TPSA) is 44.8 Å². The van der Waals surface area contributed by atoms with Crippen molar-refractivity contribution >= 4 is 0 Å². The van der Waals surface area contributed by atoms with Gasteiger partial charge in [-0.15, -0.1) is 0 Å². The molecule has 1 aliphatic rings. The van der Waals surface area contributed by atoms with Crippen LogP contribution in [0.15, 0.2) is 30.6 Å². The molecule has 1 saturated heterocycles. The normalized spacial score (nSPS) is 21.3. The molecule has 1 fully saturated rings. The summed E-state index contributed by atoms with van der Waals surface area (Å²) in [5, 5.41) is 5.99. The van der Waals surface area contributed by atoms with Gasteiger partial charge in [0.05, 0.1) is 0 Å². The molecule has 3 heterocycles. The van der Waals surface area contributed by atoms with Crippen molar-refractivity contribution in [3.63, 3.8) is 0 Å². The van der Waals surface area contributed by atoms with E-state index in [4.69, 9.17) is 0 Å². The molecule has 0 aromatic carbocycles. The average Bonchev–Trinajstić information content (AvgIpc) is 3.05. The lowest BCUT2D eigenvalue weighted by atomic mass is 9.92. The molecular weight excluding hydrogens is 305 g/mol. The van der Waals surface area contributed by atoms with E-state index in [1.54, 1.807) is 12.4 Å². The summed E-state index contributed by atoms with van der Waals surface area (Å²) in [5.41, 5.74) is 0.900. The van der Waals surface area contributed by atoms with Gasteiger partial charge in [0.1, 0.15) is 0 Å². The third kappa shape index (κ3) is 3.55. The lowest BCUT2D eigenvalue weighted by Crippen LogP contribution is -2.36. The van der Waals surface area contributed by atoms with Gasteiger partial charge in [0.15, 0.2) is 5.69 Å². The first kappa shape index (κ1) is 16.0. The first-order valence-corrected chi connectivity index (χ1v) is 7.71. The zero-order valence-electron chi connectivity index (χ0n) is 12.8. The highest BCUT2D eigenvalue weighted by molar-refractivity contribution is 5.18. The van der Waals surface area contributed by atoms with Crippen molar-refractivity contribution in [3.8, 4) is 0 Å². The lowest BCUT2D eigenvalue weighted by molar-refractivity contribution is -0.141. The smallest absolute Gasteiger partial charge is 0.296 e. The Bertz CT molecular complexity index is 638. The number of halogens is 3. The summed E-state index contributed by atoms with van der Waals surface area (Å²) in [6, 6.07) is 5.31. The van der Waals surface area contributed by atoms with Crippen LogP contribution in [0, 0.1) is 0 Å². The number of likely N-dealkylation sites (tertiary alicyclic amines) is 1. The minimum atomic E-state index is -4.40. The van der Waals surface area contributed by atoms with Crippen LogP contribution < -0.4 is 0 Å². The molecule has 124 valence electrons. The van der Waals surface area contributed by atoms with Crippen LogP contribution in [-0.4, -0.2) is 33.2 Å². The van der Waals surface area contributed by atoms with Crippen LogP contribution in [0.5, 0.6) is 0 Å². The number of pyridine rings is 1.